The molecule has 1 aromatic heterocycles. The predicted octanol–water partition coefficient (Wildman–Crippen LogP) is 2.40. The molecule has 91 heavy (non-hydrogen) atoms. The van der Waals surface area contributed by atoms with Gasteiger partial charge >= 0.3 is 0 Å². The summed E-state index contributed by atoms with van der Waals surface area (Å²) in [6.07, 6.45) is -5.16. The Hall–Kier alpha value is -6.82. The fourth-order valence-electron chi connectivity index (χ4n) is 14.9. The van der Waals surface area contributed by atoms with Crippen LogP contribution in [0.15, 0.2) is 78.8 Å². The van der Waals surface area contributed by atoms with Gasteiger partial charge in [0.1, 0.15) is 29.6 Å². The predicted molar refractivity (Wildman–Crippen MR) is 329 cm³/mol. The first kappa shape index (κ1) is 71.6. The number of nitrogens with zero attached hydrogens (tertiary/aromatic N) is 6. The van der Waals surface area contributed by atoms with Crippen LogP contribution in [0.4, 0.5) is 0 Å². The van der Waals surface area contributed by atoms with E-state index in [1.807, 2.05) is 33.8 Å². The average molecular weight is 1330 g/mol. The molecule has 0 saturated carbocycles. The summed E-state index contributed by atoms with van der Waals surface area (Å²) in [6, 6.07) is 5.00. The van der Waals surface area contributed by atoms with Gasteiger partial charge in [-0.1, -0.05) is 34.6 Å². The van der Waals surface area contributed by atoms with Crippen molar-refractivity contribution in [2.75, 3.05) is 20.3 Å². The summed E-state index contributed by atoms with van der Waals surface area (Å²) in [4.78, 5) is 133. The van der Waals surface area contributed by atoms with E-state index in [1.165, 1.54) is 24.9 Å². The van der Waals surface area contributed by atoms with E-state index in [2.05, 4.69) is 10.3 Å². The van der Waals surface area contributed by atoms with Gasteiger partial charge in [0.25, 0.3) is 7.82 Å². The van der Waals surface area contributed by atoms with Gasteiger partial charge in [0.05, 0.1) is 54.3 Å². The number of aromatic nitrogens is 2. The number of hydrogen-bond acceptors (Lipinski definition) is 20. The molecule has 1 aromatic carbocycles. The van der Waals surface area contributed by atoms with Crippen molar-refractivity contribution in [3.8, 4) is 5.75 Å². The van der Waals surface area contributed by atoms with Crippen LogP contribution in [0.25, 0.3) is 11.0 Å². The number of fused-ring (bicyclic) bond motifs is 6. The van der Waals surface area contributed by atoms with Crippen molar-refractivity contribution in [3.05, 3.63) is 58.8 Å². The minimum Gasteiger partial charge on any atom is -0.756 e. The number of phosphoric acid groups is 1. The van der Waals surface area contributed by atoms with Crippen molar-refractivity contribution in [2.24, 2.45) is 99.7 Å². The van der Waals surface area contributed by atoms with Crippen LogP contribution in [-0.4, -0.2) is 134 Å². The molecule has 28 nitrogen and oxygen atoms in total. The Kier molecular flexibility index (Phi) is 21.3. The number of benzene rings is 1. The molecule has 0 aliphatic carbocycles. The number of nitrogens with two attached hydrogens (primary N) is 6. The SMILES string of the molecule is COc1ccc2c(c1)ncn2[C@@H]1O[C@@H](CO)[C@H](OP(=O)([O-])O[C@H](C)CNC(=O)CC[C@@]2(C)/C3=C(\C)C4=N/C(=C\C5=NC(=C(/C)C6=N[C@@](C)(C(=N3)[C@@H]2CC(N)=O)[C@](C)(CC(N)=O)[C@@H]6CCC(N)=O)/[C@](C)(CC(N)=O)[C@@H]5CCC(N)=O)C(C)(C)[C@@H]4CCC(N)=O)[C@H]1O.[Co]. The molecule has 7 heterocycles. The van der Waals surface area contributed by atoms with Crippen LogP contribution in [0.5, 0.6) is 5.75 Å². The summed E-state index contributed by atoms with van der Waals surface area (Å²) in [5, 5.41) is 24.4. The number of phosphoric ester groups is 1. The first-order valence-corrected chi connectivity index (χ1v) is 31.5. The van der Waals surface area contributed by atoms with Crippen molar-refractivity contribution in [2.45, 2.75) is 169 Å². The third kappa shape index (κ3) is 13.8. The molecule has 15 N–H and O–H groups in total. The number of imidazole rings is 1. The Morgan fingerprint density at radius 2 is 1.37 bits per heavy atom. The number of rotatable bonds is 27. The molecule has 499 valence electrons. The zero-order chi connectivity index (χ0) is 66.5. The van der Waals surface area contributed by atoms with Gasteiger partial charge in [-0.25, -0.2) is 4.98 Å². The van der Waals surface area contributed by atoms with E-state index in [-0.39, 0.29) is 99.7 Å². The third-order valence-electron chi connectivity index (χ3n) is 19.8. The second-order valence-corrected chi connectivity index (χ2v) is 27.5. The maximum Gasteiger partial charge on any atom is 0.268 e. The van der Waals surface area contributed by atoms with Crippen LogP contribution in [-0.2, 0) is 68.7 Å². The van der Waals surface area contributed by atoms with Gasteiger partial charge in [-0.2, -0.15) is 0 Å². The fourth-order valence-corrected chi connectivity index (χ4v) is 16.0. The quantitative estimate of drug-likeness (QED) is 0.0580. The summed E-state index contributed by atoms with van der Waals surface area (Å²) >= 11 is 0. The topological polar surface area (TPSA) is 472 Å². The maximum atomic E-state index is 14.3. The number of nitrogens with one attached hydrogen (secondary N) is 1. The third-order valence-corrected chi connectivity index (χ3v) is 20.9. The van der Waals surface area contributed by atoms with E-state index in [0.29, 0.717) is 62.2 Å². The van der Waals surface area contributed by atoms with Crippen molar-refractivity contribution in [1.82, 2.24) is 14.9 Å². The zero-order valence-electron chi connectivity index (χ0n) is 52.9. The van der Waals surface area contributed by atoms with Gasteiger partial charge < -0.3 is 77.9 Å². The van der Waals surface area contributed by atoms with E-state index in [0.717, 1.165) is 0 Å². The summed E-state index contributed by atoms with van der Waals surface area (Å²) in [6.45, 7) is 14.9. The normalized spacial score (nSPS) is 33.0. The number of carbonyl (C=O) groups is 7. The molecule has 2 aromatic rings. The second-order valence-electron chi connectivity index (χ2n) is 26.2. The monoisotopic (exact) mass is 1330 g/mol. The average Bonchev–Trinajstić information content (AvgIpc) is 1.53. The minimum absolute atomic E-state index is 0. The maximum absolute atomic E-state index is 14.3. The van der Waals surface area contributed by atoms with Crippen molar-refractivity contribution >= 4 is 83.1 Å². The molecule has 14 atom stereocenters. The first-order valence-electron chi connectivity index (χ1n) is 30.1. The van der Waals surface area contributed by atoms with Gasteiger partial charge in [0.15, 0.2) is 6.23 Å². The van der Waals surface area contributed by atoms with Gasteiger partial charge in [-0.15, -0.1) is 0 Å². The Balaban J connectivity index is 0.0000118. The number of ether oxygens (including phenoxy) is 2. The van der Waals surface area contributed by atoms with Crippen molar-refractivity contribution in [3.63, 3.8) is 0 Å². The first-order chi connectivity index (χ1) is 42.0. The van der Waals surface area contributed by atoms with E-state index < -0.39 is 137 Å². The Bertz CT molecular complexity index is 3580. The van der Waals surface area contributed by atoms with Crippen LogP contribution in [0.3, 0.4) is 0 Å². The molecule has 8 rings (SSSR count). The van der Waals surface area contributed by atoms with E-state index >= 15 is 0 Å². The molecule has 1 radical (unpaired) electrons. The number of allylic oxidation sites excluding steroid dienone is 6. The summed E-state index contributed by atoms with van der Waals surface area (Å²) < 4.78 is 37.0. The van der Waals surface area contributed by atoms with Gasteiger partial charge in [-0.05, 0) is 82.7 Å². The van der Waals surface area contributed by atoms with Gasteiger partial charge in [0.2, 0.25) is 41.4 Å². The van der Waals surface area contributed by atoms with Crippen LogP contribution >= 0.6 is 7.82 Å². The van der Waals surface area contributed by atoms with Crippen LogP contribution in [0.2, 0.25) is 0 Å². The molecular formula is C61H85CoN13O15P-. The smallest absolute Gasteiger partial charge is 0.268 e. The minimum atomic E-state index is -5.33. The Labute approximate surface area is 537 Å². The molecule has 0 spiro atoms. The number of carbonyl (C=O) groups excluding carboxylic acids is 7. The molecule has 1 unspecified atom stereocenters. The van der Waals surface area contributed by atoms with Gasteiger partial charge in [-0.3, -0.25) is 58.1 Å². The Morgan fingerprint density at radius 1 is 0.780 bits per heavy atom. The standard InChI is InChI=1S/C61H86N13O15P.Co/c1-29(88-90(84,85)89-52-40(27-75)87-56(51(52)83)74-28-69-38-21-32(86-10)11-15-39(38)74)26-68-48(82)19-20-58(6)36(22-45(65)79)55-61(9)60(8,25-47(67)81)35(14-18-44(64)78)50(73-61)31(3)54-59(7,24-46(66)80)33(12-16-42(62)76)37(70-54)23-41-57(4,5)34(13-17-43(63)77)49(71-41)30(2)53(58)72-55;/h11,15,21,23,28-29,33-36,40,51-52,56,75,83H,12-14,16-20,22,24-27H2,1-10H3,(H2,62,76)(H2,63,77)(H2,64,78)(H2,65,79)(H2,66,80)(H2,67,81)(H,68,82)(H,84,85);/p-1/b41-23-,53-30-,54-31-;/t29-,33-,34-,35-,36+,40+,51-,52+,56-,58-,59-,60-,61+;/m1./s1. The number of methoxy groups -OCH3 is 1. The molecular weight excluding hydrogens is 1240 g/mol. The van der Waals surface area contributed by atoms with E-state index in [1.54, 1.807) is 45.9 Å². The molecule has 6 aliphatic heterocycles. The van der Waals surface area contributed by atoms with Crippen molar-refractivity contribution in [1.29, 1.82) is 0 Å². The van der Waals surface area contributed by atoms with E-state index in [4.69, 9.17) is 72.9 Å². The number of aliphatic hydroxyl groups is 2. The Morgan fingerprint density at radius 3 is 1.96 bits per heavy atom. The summed E-state index contributed by atoms with van der Waals surface area (Å²) in [5.74, 6) is -7.10. The number of aliphatic hydroxyl groups excluding tert-OH is 2. The largest absolute Gasteiger partial charge is 0.756 e. The van der Waals surface area contributed by atoms with Crippen LogP contribution in [0, 0.1) is 45.3 Å². The molecule has 7 amide bonds. The van der Waals surface area contributed by atoms with Crippen LogP contribution in [0.1, 0.15) is 139 Å². The second kappa shape index (κ2) is 27.0. The number of hydrogen-bond donors (Lipinski definition) is 9. The van der Waals surface area contributed by atoms with Crippen LogP contribution < -0.4 is 49.3 Å². The number of amides is 7. The summed E-state index contributed by atoms with van der Waals surface area (Å²) in [7, 11) is -3.84. The van der Waals surface area contributed by atoms with Crippen molar-refractivity contribution < 1.29 is 88.5 Å². The van der Waals surface area contributed by atoms with Gasteiger partial charge in [0, 0.05) is 142 Å². The molecule has 1 fully saturated rings. The zero-order valence-corrected chi connectivity index (χ0v) is 54.8. The molecule has 30 heteroatoms. The molecule has 1 saturated heterocycles. The van der Waals surface area contributed by atoms with E-state index in [9.17, 15) is 53.2 Å². The number of primary amides is 6. The molecule has 8 bridgehead atoms. The molecule has 6 aliphatic rings. The number of aliphatic imine (C=N–C) groups is 4. The fraction of sp³-hybridized carbons (Fsp3) is 0.607. The summed E-state index contributed by atoms with van der Waals surface area (Å²) in [5.41, 5.74) is 34.4.